The number of hydrogen-bond acceptors (Lipinski definition) is 7. The molecule has 1 aliphatic rings. The molecule has 0 radical (unpaired) electrons. The predicted molar refractivity (Wildman–Crippen MR) is 74.4 cm³/mol. The monoisotopic (exact) mass is 266 g/mol. The molecule has 0 unspecified atom stereocenters. The van der Waals surface area contributed by atoms with Crippen LogP contribution in [0.25, 0.3) is 0 Å². The molecule has 2 rings (SSSR count). The van der Waals surface area contributed by atoms with Gasteiger partial charge in [0.15, 0.2) is 0 Å². The molecule has 1 aromatic rings. The maximum absolute atomic E-state index is 5.63. The van der Waals surface area contributed by atoms with E-state index in [1.807, 2.05) is 14.1 Å². The normalized spacial score (nSPS) is 16.3. The lowest BCUT2D eigenvalue weighted by molar-refractivity contribution is 0.177. The zero-order valence-corrected chi connectivity index (χ0v) is 11.7. The predicted octanol–water partition coefficient (Wildman–Crippen LogP) is 0.385. The molecule has 1 aliphatic heterocycles. The molecule has 106 valence electrons. The molecule has 1 aromatic heterocycles. The Hall–Kier alpha value is -1.63. The number of aromatic nitrogens is 3. The van der Waals surface area contributed by atoms with Gasteiger partial charge in [-0.3, -0.25) is 4.90 Å². The number of piperidine rings is 1. The third-order valence-electron chi connectivity index (χ3n) is 3.11. The molecule has 0 saturated carbocycles. The number of nitrogen functional groups attached to an aromatic ring is 1. The van der Waals surface area contributed by atoms with E-state index in [2.05, 4.69) is 19.9 Å². The Balaban J connectivity index is 1.84. The number of ether oxygens (including phenoxy) is 1. The van der Waals surface area contributed by atoms with Crippen molar-refractivity contribution in [2.45, 2.75) is 19.3 Å². The van der Waals surface area contributed by atoms with Gasteiger partial charge in [0.1, 0.15) is 6.61 Å². The van der Waals surface area contributed by atoms with Crippen molar-refractivity contribution >= 4 is 11.9 Å². The highest BCUT2D eigenvalue weighted by atomic mass is 16.5. The molecule has 2 N–H and O–H groups in total. The maximum Gasteiger partial charge on any atom is 0.323 e. The molecule has 1 fully saturated rings. The van der Waals surface area contributed by atoms with Crippen molar-refractivity contribution in [1.82, 2.24) is 19.9 Å². The summed E-state index contributed by atoms with van der Waals surface area (Å²) in [6.07, 6.45) is 3.90. The van der Waals surface area contributed by atoms with Crippen molar-refractivity contribution in [2.75, 3.05) is 51.0 Å². The third-order valence-corrected chi connectivity index (χ3v) is 3.11. The minimum Gasteiger partial charge on any atom is -0.462 e. The van der Waals surface area contributed by atoms with Crippen LogP contribution in [0.3, 0.4) is 0 Å². The molecule has 0 bridgehead atoms. The Bertz CT molecular complexity index is 405. The number of rotatable bonds is 5. The van der Waals surface area contributed by atoms with E-state index in [0.717, 1.165) is 19.6 Å². The molecule has 0 atom stereocenters. The lowest BCUT2D eigenvalue weighted by Gasteiger charge is -2.25. The number of likely N-dealkylation sites (tertiary alicyclic amines) is 1. The molecule has 7 heteroatoms. The van der Waals surface area contributed by atoms with Gasteiger partial charge in [0.05, 0.1) is 0 Å². The van der Waals surface area contributed by atoms with Crippen LogP contribution in [0, 0.1) is 0 Å². The van der Waals surface area contributed by atoms with Crippen LogP contribution in [0.1, 0.15) is 19.3 Å². The summed E-state index contributed by atoms with van der Waals surface area (Å²) in [4.78, 5) is 16.4. The van der Waals surface area contributed by atoms with Gasteiger partial charge in [0.25, 0.3) is 0 Å². The molecule has 0 aliphatic carbocycles. The Morgan fingerprint density at radius 1 is 1.16 bits per heavy atom. The molecular formula is C12H22N6O. The Labute approximate surface area is 113 Å². The Morgan fingerprint density at radius 3 is 2.58 bits per heavy atom. The van der Waals surface area contributed by atoms with Crippen LogP contribution in [-0.2, 0) is 0 Å². The van der Waals surface area contributed by atoms with E-state index in [9.17, 15) is 0 Å². The third kappa shape index (κ3) is 4.20. The van der Waals surface area contributed by atoms with Crippen molar-refractivity contribution < 1.29 is 4.74 Å². The summed E-state index contributed by atoms with van der Waals surface area (Å²) in [5.41, 5.74) is 5.63. The highest BCUT2D eigenvalue weighted by Gasteiger charge is 2.11. The SMILES string of the molecule is CN(C)c1nc(N)nc(OCCN2CCCCC2)n1. The van der Waals surface area contributed by atoms with Gasteiger partial charge in [-0.25, -0.2) is 0 Å². The topological polar surface area (TPSA) is 80.4 Å². The van der Waals surface area contributed by atoms with Crippen LogP contribution in [0.4, 0.5) is 11.9 Å². The second-order valence-corrected chi connectivity index (χ2v) is 4.92. The van der Waals surface area contributed by atoms with Crippen LogP contribution in [0.5, 0.6) is 6.01 Å². The summed E-state index contributed by atoms with van der Waals surface area (Å²) in [6, 6.07) is 0.299. The number of nitrogens with zero attached hydrogens (tertiary/aromatic N) is 5. The molecule has 1 saturated heterocycles. The van der Waals surface area contributed by atoms with Gasteiger partial charge in [-0.15, -0.1) is 0 Å². The largest absolute Gasteiger partial charge is 0.462 e. The Kier molecular flexibility index (Phi) is 4.73. The van der Waals surface area contributed by atoms with Crippen LogP contribution in [0.15, 0.2) is 0 Å². The first-order valence-corrected chi connectivity index (χ1v) is 6.69. The van der Waals surface area contributed by atoms with Crippen LogP contribution in [0.2, 0.25) is 0 Å². The minimum absolute atomic E-state index is 0.187. The van der Waals surface area contributed by atoms with Gasteiger partial charge < -0.3 is 15.4 Å². The molecule has 2 heterocycles. The standard InChI is InChI=1S/C12H22N6O/c1-17(2)11-14-10(13)15-12(16-11)19-9-8-18-6-4-3-5-7-18/h3-9H2,1-2H3,(H2,13,14,15,16). The maximum atomic E-state index is 5.63. The molecule has 0 amide bonds. The molecule has 0 aromatic carbocycles. The summed E-state index contributed by atoms with van der Waals surface area (Å²) in [5, 5.41) is 0. The van der Waals surface area contributed by atoms with Crippen molar-refractivity contribution in [3.63, 3.8) is 0 Å². The summed E-state index contributed by atoms with van der Waals surface area (Å²) in [6.45, 7) is 3.80. The van der Waals surface area contributed by atoms with Gasteiger partial charge in [-0.1, -0.05) is 6.42 Å². The van der Waals surface area contributed by atoms with Gasteiger partial charge in [0.2, 0.25) is 11.9 Å². The fraction of sp³-hybridized carbons (Fsp3) is 0.750. The molecule has 0 spiro atoms. The summed E-state index contributed by atoms with van der Waals surface area (Å²) >= 11 is 0. The lowest BCUT2D eigenvalue weighted by Crippen LogP contribution is -2.33. The van der Waals surface area contributed by atoms with Crippen molar-refractivity contribution in [3.05, 3.63) is 0 Å². The van der Waals surface area contributed by atoms with Crippen molar-refractivity contribution in [2.24, 2.45) is 0 Å². The average Bonchev–Trinajstić information content (AvgIpc) is 2.39. The van der Waals surface area contributed by atoms with Gasteiger partial charge in [-0.05, 0) is 25.9 Å². The minimum atomic E-state index is 0.187. The van der Waals surface area contributed by atoms with Crippen LogP contribution >= 0.6 is 0 Å². The first kappa shape index (κ1) is 13.8. The number of hydrogen-bond donors (Lipinski definition) is 1. The zero-order valence-electron chi connectivity index (χ0n) is 11.7. The molecule has 7 nitrogen and oxygen atoms in total. The fourth-order valence-electron chi connectivity index (χ4n) is 2.07. The number of anilines is 2. The van der Waals surface area contributed by atoms with Crippen molar-refractivity contribution in [1.29, 1.82) is 0 Å². The van der Waals surface area contributed by atoms with E-state index in [1.54, 1.807) is 4.90 Å². The zero-order chi connectivity index (χ0) is 13.7. The highest BCUT2D eigenvalue weighted by Crippen LogP contribution is 2.11. The highest BCUT2D eigenvalue weighted by molar-refractivity contribution is 5.33. The summed E-state index contributed by atoms with van der Waals surface area (Å²) in [5.74, 6) is 0.701. The first-order chi connectivity index (χ1) is 9.15. The lowest BCUT2D eigenvalue weighted by atomic mass is 10.1. The van der Waals surface area contributed by atoms with E-state index >= 15 is 0 Å². The van der Waals surface area contributed by atoms with Crippen LogP contribution < -0.4 is 15.4 Å². The molecule has 19 heavy (non-hydrogen) atoms. The van der Waals surface area contributed by atoms with E-state index in [-0.39, 0.29) is 5.95 Å². The van der Waals surface area contributed by atoms with Gasteiger partial charge in [-0.2, -0.15) is 15.0 Å². The summed E-state index contributed by atoms with van der Waals surface area (Å²) in [7, 11) is 3.71. The van der Waals surface area contributed by atoms with E-state index < -0.39 is 0 Å². The second kappa shape index (κ2) is 6.51. The summed E-state index contributed by atoms with van der Waals surface area (Å²) < 4.78 is 5.57. The van der Waals surface area contributed by atoms with Crippen molar-refractivity contribution in [3.8, 4) is 6.01 Å². The first-order valence-electron chi connectivity index (χ1n) is 6.69. The quantitative estimate of drug-likeness (QED) is 0.825. The number of nitrogens with two attached hydrogens (primary N) is 1. The van der Waals surface area contributed by atoms with Crippen LogP contribution in [-0.4, -0.2) is 60.2 Å². The fourth-order valence-corrected chi connectivity index (χ4v) is 2.07. The Morgan fingerprint density at radius 2 is 1.89 bits per heavy atom. The smallest absolute Gasteiger partial charge is 0.323 e. The average molecular weight is 266 g/mol. The van der Waals surface area contributed by atoms with E-state index in [4.69, 9.17) is 10.5 Å². The van der Waals surface area contributed by atoms with E-state index in [0.29, 0.717) is 18.6 Å². The van der Waals surface area contributed by atoms with Gasteiger partial charge in [0, 0.05) is 20.6 Å². The second-order valence-electron chi connectivity index (χ2n) is 4.92. The van der Waals surface area contributed by atoms with E-state index in [1.165, 1.54) is 19.3 Å². The molecular weight excluding hydrogens is 244 g/mol. The van der Waals surface area contributed by atoms with Gasteiger partial charge >= 0.3 is 6.01 Å².